The zero-order chi connectivity index (χ0) is 16.8. The molecule has 1 aliphatic carbocycles. The molecule has 3 rings (SSSR count). The molecule has 1 aromatic carbocycles. The maximum absolute atomic E-state index is 13.6. The van der Waals surface area contributed by atoms with Gasteiger partial charge in [-0.1, -0.05) is 13.8 Å². The van der Waals surface area contributed by atoms with Crippen LogP contribution in [0.5, 0.6) is 5.75 Å². The number of methoxy groups -OCH3 is 1. The Bertz CT molecular complexity index is 613. The Balaban J connectivity index is 1.66. The van der Waals surface area contributed by atoms with Crippen molar-refractivity contribution in [3.63, 3.8) is 0 Å². The summed E-state index contributed by atoms with van der Waals surface area (Å²) in [7, 11) is 1.18. The molecular formula is C16H20F2N2O3. The lowest BCUT2D eigenvalue weighted by Gasteiger charge is -2.54. The lowest BCUT2D eigenvalue weighted by atomic mass is 9.57. The third-order valence-corrected chi connectivity index (χ3v) is 4.85. The molecular weight excluding hydrogens is 306 g/mol. The van der Waals surface area contributed by atoms with E-state index in [1.54, 1.807) is 0 Å². The Morgan fingerprint density at radius 3 is 2.61 bits per heavy atom. The smallest absolute Gasteiger partial charge is 0.319 e. The zero-order valence-electron chi connectivity index (χ0n) is 13.3. The number of hydrogen-bond donors (Lipinski definition) is 2. The molecule has 7 heteroatoms. The van der Waals surface area contributed by atoms with Crippen LogP contribution in [0.2, 0.25) is 0 Å². The molecule has 2 amide bonds. The largest absolute Gasteiger partial charge is 0.491 e. The van der Waals surface area contributed by atoms with Gasteiger partial charge >= 0.3 is 6.03 Å². The van der Waals surface area contributed by atoms with Gasteiger partial charge in [0.1, 0.15) is 0 Å². The first-order valence-corrected chi connectivity index (χ1v) is 7.56. The summed E-state index contributed by atoms with van der Waals surface area (Å²) in [5, 5.41) is 5.35. The Kier molecular flexibility index (Phi) is 3.91. The van der Waals surface area contributed by atoms with Crippen molar-refractivity contribution in [2.75, 3.05) is 19.0 Å². The number of benzene rings is 1. The Hall–Kier alpha value is -1.89. The van der Waals surface area contributed by atoms with Crippen LogP contribution < -0.4 is 15.4 Å². The van der Waals surface area contributed by atoms with Crippen molar-refractivity contribution < 1.29 is 23.0 Å². The normalized spacial score (nSPS) is 27.8. The molecule has 3 atom stereocenters. The fourth-order valence-corrected chi connectivity index (χ4v) is 3.75. The number of amides is 2. The average Bonchev–Trinajstić information content (AvgIpc) is 2.91. The van der Waals surface area contributed by atoms with Crippen molar-refractivity contribution in [3.05, 3.63) is 23.8 Å². The van der Waals surface area contributed by atoms with Crippen molar-refractivity contribution in [3.8, 4) is 5.75 Å². The van der Waals surface area contributed by atoms with Crippen molar-refractivity contribution in [2.45, 2.75) is 32.4 Å². The van der Waals surface area contributed by atoms with Gasteiger partial charge in [-0.15, -0.1) is 0 Å². The molecule has 2 aliphatic rings. The van der Waals surface area contributed by atoms with Gasteiger partial charge in [-0.05, 0) is 6.42 Å². The van der Waals surface area contributed by atoms with Gasteiger partial charge in [-0.2, -0.15) is 0 Å². The molecule has 5 nitrogen and oxygen atoms in total. The molecule has 1 saturated heterocycles. The molecule has 0 aromatic heterocycles. The standard InChI is InChI=1S/C16H20F2N2O3/c1-16(2)13(9-4-5-23-14(9)16)20-15(21)19-8-6-10(17)12(22-3)11(18)7-8/h6-7,9,13-14H,4-5H2,1-3H3,(H2,19,20,21)/t9-,13-,14-/m1/s1. The highest BCUT2D eigenvalue weighted by atomic mass is 19.1. The number of rotatable bonds is 3. The number of carbonyl (C=O) groups is 1. The fraction of sp³-hybridized carbons (Fsp3) is 0.562. The second-order valence-corrected chi connectivity index (χ2v) is 6.61. The number of halogens is 2. The van der Waals surface area contributed by atoms with Gasteiger partial charge in [0.25, 0.3) is 0 Å². The first-order valence-electron chi connectivity index (χ1n) is 7.56. The predicted molar refractivity (Wildman–Crippen MR) is 80.5 cm³/mol. The highest BCUT2D eigenvalue weighted by Crippen LogP contribution is 2.52. The van der Waals surface area contributed by atoms with E-state index in [1.165, 1.54) is 7.11 Å². The minimum absolute atomic E-state index is 0.0251. The lowest BCUT2D eigenvalue weighted by Crippen LogP contribution is -2.67. The maximum atomic E-state index is 13.6. The van der Waals surface area contributed by atoms with E-state index in [2.05, 4.69) is 15.4 Å². The molecule has 23 heavy (non-hydrogen) atoms. The highest BCUT2D eigenvalue weighted by Gasteiger charge is 2.59. The van der Waals surface area contributed by atoms with Gasteiger partial charge in [-0.25, -0.2) is 13.6 Å². The monoisotopic (exact) mass is 326 g/mol. The molecule has 1 aliphatic heterocycles. The van der Waals surface area contributed by atoms with Gasteiger partial charge < -0.3 is 20.1 Å². The number of anilines is 1. The molecule has 1 heterocycles. The molecule has 0 unspecified atom stereocenters. The van der Waals surface area contributed by atoms with Crippen LogP contribution in [0.4, 0.5) is 19.3 Å². The molecule has 1 saturated carbocycles. The van der Waals surface area contributed by atoms with Gasteiger partial charge in [0.05, 0.1) is 13.2 Å². The Morgan fingerprint density at radius 1 is 1.35 bits per heavy atom. The maximum Gasteiger partial charge on any atom is 0.319 e. The van der Waals surface area contributed by atoms with Crippen molar-refractivity contribution in [2.24, 2.45) is 11.3 Å². The van der Waals surface area contributed by atoms with Crippen LogP contribution in [-0.2, 0) is 4.74 Å². The van der Waals surface area contributed by atoms with Crippen LogP contribution in [0.3, 0.4) is 0 Å². The summed E-state index contributed by atoms with van der Waals surface area (Å²) in [6, 6.07) is 1.53. The summed E-state index contributed by atoms with van der Waals surface area (Å²) in [6.45, 7) is 4.78. The molecule has 2 N–H and O–H groups in total. The van der Waals surface area contributed by atoms with Crippen molar-refractivity contribution in [1.82, 2.24) is 5.32 Å². The average molecular weight is 326 g/mol. The van der Waals surface area contributed by atoms with Crippen LogP contribution in [0.25, 0.3) is 0 Å². The van der Waals surface area contributed by atoms with Crippen LogP contribution in [0.15, 0.2) is 12.1 Å². The Labute approximate surface area is 133 Å². The number of nitrogens with one attached hydrogen (secondary N) is 2. The summed E-state index contributed by atoms with van der Waals surface area (Å²) in [6.07, 6.45) is 1.06. The number of ether oxygens (including phenoxy) is 2. The summed E-state index contributed by atoms with van der Waals surface area (Å²) in [4.78, 5) is 12.1. The van der Waals surface area contributed by atoms with E-state index in [1.807, 2.05) is 13.8 Å². The van der Waals surface area contributed by atoms with Gasteiger partial charge in [0.2, 0.25) is 0 Å². The van der Waals surface area contributed by atoms with E-state index >= 15 is 0 Å². The number of urea groups is 1. The van der Waals surface area contributed by atoms with Gasteiger partial charge in [0, 0.05) is 41.8 Å². The summed E-state index contributed by atoms with van der Waals surface area (Å²) < 4.78 is 37.6. The first kappa shape index (κ1) is 16.0. The van der Waals surface area contributed by atoms with Crippen LogP contribution in [0.1, 0.15) is 20.3 Å². The summed E-state index contributed by atoms with van der Waals surface area (Å²) in [5.74, 6) is -1.91. The third kappa shape index (κ3) is 2.63. The van der Waals surface area contributed by atoms with E-state index in [-0.39, 0.29) is 23.2 Å². The van der Waals surface area contributed by atoms with Crippen LogP contribution >= 0.6 is 0 Å². The van der Waals surface area contributed by atoms with E-state index < -0.39 is 23.4 Å². The van der Waals surface area contributed by atoms with E-state index in [4.69, 9.17) is 4.74 Å². The number of hydrogen-bond acceptors (Lipinski definition) is 3. The second kappa shape index (κ2) is 5.63. The minimum Gasteiger partial charge on any atom is -0.491 e. The lowest BCUT2D eigenvalue weighted by molar-refractivity contribution is -0.107. The number of carbonyl (C=O) groups excluding carboxylic acids is 1. The fourth-order valence-electron chi connectivity index (χ4n) is 3.75. The summed E-state index contributed by atoms with van der Waals surface area (Å²) >= 11 is 0. The van der Waals surface area contributed by atoms with Crippen molar-refractivity contribution >= 4 is 11.7 Å². The first-order chi connectivity index (χ1) is 10.8. The third-order valence-electron chi connectivity index (χ3n) is 4.85. The second-order valence-electron chi connectivity index (χ2n) is 6.61. The SMILES string of the molecule is COc1c(F)cc(NC(=O)N[C@@H]2[C@H]3CCO[C@H]3C2(C)C)cc1F. The van der Waals surface area contributed by atoms with E-state index in [0.29, 0.717) is 12.5 Å². The molecule has 0 radical (unpaired) electrons. The minimum atomic E-state index is -0.865. The predicted octanol–water partition coefficient (Wildman–Crippen LogP) is 2.91. The van der Waals surface area contributed by atoms with Crippen molar-refractivity contribution in [1.29, 1.82) is 0 Å². The quantitative estimate of drug-likeness (QED) is 0.898. The van der Waals surface area contributed by atoms with E-state index in [0.717, 1.165) is 18.6 Å². The van der Waals surface area contributed by atoms with E-state index in [9.17, 15) is 13.6 Å². The Morgan fingerprint density at radius 2 is 2.00 bits per heavy atom. The molecule has 2 fully saturated rings. The zero-order valence-corrected chi connectivity index (χ0v) is 13.3. The topological polar surface area (TPSA) is 59.6 Å². The molecule has 0 spiro atoms. The summed E-state index contributed by atoms with van der Waals surface area (Å²) in [5.41, 5.74) is -0.121. The van der Waals surface area contributed by atoms with Gasteiger partial charge in [-0.3, -0.25) is 0 Å². The molecule has 1 aromatic rings. The van der Waals surface area contributed by atoms with Crippen LogP contribution in [0, 0.1) is 23.0 Å². The highest BCUT2D eigenvalue weighted by molar-refractivity contribution is 5.89. The molecule has 126 valence electrons. The number of fused-ring (bicyclic) bond motifs is 1. The van der Waals surface area contributed by atoms with Crippen LogP contribution in [-0.4, -0.2) is 31.9 Å². The molecule has 0 bridgehead atoms. The van der Waals surface area contributed by atoms with Gasteiger partial charge in [0.15, 0.2) is 17.4 Å².